The molecule has 3 aliphatic rings. The van der Waals surface area contributed by atoms with Crippen LogP contribution in [0.25, 0.3) is 0 Å². The molecule has 3 fully saturated rings. The molecule has 0 aromatic carbocycles. The minimum absolute atomic E-state index is 0.0891. The number of carboxylic acids is 1. The van der Waals surface area contributed by atoms with E-state index in [1.54, 1.807) is 0 Å². The number of aliphatic hydroxyl groups excluding tert-OH is 2. The normalized spacial score (nSPS) is 35.0. The number of carboxylic acid groups (broad SMARTS) is 1. The number of hydrogen-bond acceptors (Lipinski definition) is 5. The summed E-state index contributed by atoms with van der Waals surface area (Å²) >= 11 is 0. The smallest absolute Gasteiger partial charge is 0.303 e. The van der Waals surface area contributed by atoms with Gasteiger partial charge in [-0.3, -0.25) is 4.79 Å². The van der Waals surface area contributed by atoms with Gasteiger partial charge in [0.2, 0.25) is 0 Å². The Morgan fingerprint density at radius 1 is 1.36 bits per heavy atom. The second-order valence-electron chi connectivity index (χ2n) is 7.69. The summed E-state index contributed by atoms with van der Waals surface area (Å²) in [5.74, 6) is 0.278. The molecule has 0 aliphatic heterocycles. The van der Waals surface area contributed by atoms with Gasteiger partial charge in [0, 0.05) is 18.3 Å². The van der Waals surface area contributed by atoms with Crippen molar-refractivity contribution in [1.82, 2.24) is 0 Å². The Labute approximate surface area is 148 Å². The third kappa shape index (κ3) is 4.42. The Hall–Kier alpha value is -1.40. The van der Waals surface area contributed by atoms with Gasteiger partial charge >= 0.3 is 5.97 Å². The lowest BCUT2D eigenvalue weighted by molar-refractivity contribution is -0.137. The molecule has 6 heteroatoms. The Morgan fingerprint density at radius 2 is 2.12 bits per heavy atom. The van der Waals surface area contributed by atoms with Crippen LogP contribution in [0, 0.1) is 23.7 Å². The zero-order valence-electron chi connectivity index (χ0n) is 14.6. The first-order chi connectivity index (χ1) is 12.1. The minimum atomic E-state index is -0.826. The van der Waals surface area contributed by atoms with Gasteiger partial charge in [-0.1, -0.05) is 30.1 Å². The number of nitrogens with zero attached hydrogens (tertiary/aromatic N) is 1. The zero-order valence-corrected chi connectivity index (χ0v) is 14.6. The highest BCUT2D eigenvalue weighted by molar-refractivity contribution is 5.93. The minimum Gasteiger partial charge on any atom is -0.481 e. The number of aliphatic hydroxyl groups is 2. The molecule has 0 radical (unpaired) electrons. The molecule has 0 amide bonds. The summed E-state index contributed by atoms with van der Waals surface area (Å²) in [4.78, 5) is 15.7. The maximum absolute atomic E-state index is 10.4. The SMILES string of the molecule is O=C(O)CCCON=C1C[C@H]2C(C=CC(O)C3CCCC3)C(O)C[C@H]12. The lowest BCUT2D eigenvalue weighted by atomic mass is 9.71. The van der Waals surface area contributed by atoms with Gasteiger partial charge in [-0.2, -0.15) is 0 Å². The van der Waals surface area contributed by atoms with E-state index in [1.165, 1.54) is 12.8 Å². The number of aliphatic carboxylic acids is 1. The van der Waals surface area contributed by atoms with Crippen LogP contribution in [0.4, 0.5) is 0 Å². The molecule has 5 atom stereocenters. The number of carbonyl (C=O) groups is 1. The Bertz CT molecular complexity index is 526. The molecule has 0 aromatic heterocycles. The maximum atomic E-state index is 10.4. The molecule has 3 saturated carbocycles. The van der Waals surface area contributed by atoms with Crippen molar-refractivity contribution >= 4 is 11.7 Å². The quantitative estimate of drug-likeness (QED) is 0.354. The van der Waals surface area contributed by atoms with E-state index in [9.17, 15) is 15.0 Å². The standard InChI is InChI=1S/C19H29NO5/c21-17(12-4-1-2-5-12)8-7-13-14-10-16(15(14)11-18(13)22)20-25-9-3-6-19(23)24/h7-8,12-15,17-18,21-22H,1-6,9-11H2,(H,23,24)/t13?,14-,15-,17?,18?/m0/s1. The summed E-state index contributed by atoms with van der Waals surface area (Å²) in [7, 11) is 0. The van der Waals surface area contributed by atoms with Crippen molar-refractivity contribution in [1.29, 1.82) is 0 Å². The third-order valence-corrected chi connectivity index (χ3v) is 6.05. The van der Waals surface area contributed by atoms with E-state index in [1.807, 2.05) is 12.2 Å². The Balaban J connectivity index is 1.45. The van der Waals surface area contributed by atoms with Crippen LogP contribution in [0.3, 0.4) is 0 Å². The van der Waals surface area contributed by atoms with E-state index in [-0.39, 0.29) is 30.5 Å². The molecule has 0 bridgehead atoms. The van der Waals surface area contributed by atoms with Crippen LogP contribution in [0.2, 0.25) is 0 Å². The molecule has 3 rings (SSSR count). The van der Waals surface area contributed by atoms with Crippen molar-refractivity contribution in [2.24, 2.45) is 28.8 Å². The van der Waals surface area contributed by atoms with Gasteiger partial charge in [-0.15, -0.1) is 0 Å². The third-order valence-electron chi connectivity index (χ3n) is 6.05. The predicted octanol–water partition coefficient (Wildman–Crippen LogP) is 2.35. The van der Waals surface area contributed by atoms with Crippen LogP contribution in [-0.4, -0.2) is 45.8 Å². The summed E-state index contributed by atoms with van der Waals surface area (Å²) in [5, 5.41) is 33.3. The van der Waals surface area contributed by atoms with E-state index < -0.39 is 5.97 Å². The van der Waals surface area contributed by atoms with Gasteiger partial charge in [0.05, 0.1) is 17.9 Å². The molecule has 3 unspecified atom stereocenters. The number of hydrogen-bond donors (Lipinski definition) is 3. The highest BCUT2D eigenvalue weighted by Gasteiger charge is 2.51. The maximum Gasteiger partial charge on any atom is 0.303 e. The lowest BCUT2D eigenvalue weighted by Crippen LogP contribution is -2.36. The van der Waals surface area contributed by atoms with E-state index in [0.717, 1.165) is 25.0 Å². The Morgan fingerprint density at radius 3 is 2.84 bits per heavy atom. The average Bonchev–Trinajstić information content (AvgIpc) is 3.17. The van der Waals surface area contributed by atoms with Gasteiger partial charge in [0.15, 0.2) is 0 Å². The Kier molecular flexibility index (Phi) is 6.12. The van der Waals surface area contributed by atoms with Gasteiger partial charge in [0.25, 0.3) is 0 Å². The first-order valence-corrected chi connectivity index (χ1v) is 9.51. The highest BCUT2D eigenvalue weighted by Crippen LogP contribution is 2.49. The molecule has 0 saturated heterocycles. The van der Waals surface area contributed by atoms with E-state index in [2.05, 4.69) is 5.16 Å². The second-order valence-corrected chi connectivity index (χ2v) is 7.69. The molecule has 6 nitrogen and oxygen atoms in total. The van der Waals surface area contributed by atoms with E-state index in [4.69, 9.17) is 9.94 Å². The fourth-order valence-electron chi connectivity index (χ4n) is 4.53. The van der Waals surface area contributed by atoms with Crippen molar-refractivity contribution in [2.45, 2.75) is 63.6 Å². The first-order valence-electron chi connectivity index (χ1n) is 9.51. The number of rotatable bonds is 8. The van der Waals surface area contributed by atoms with Crippen molar-refractivity contribution < 1.29 is 25.0 Å². The molecular formula is C19H29NO5. The van der Waals surface area contributed by atoms with Crippen molar-refractivity contribution in [3.8, 4) is 0 Å². The van der Waals surface area contributed by atoms with Crippen molar-refractivity contribution in [2.75, 3.05) is 6.61 Å². The molecule has 3 N–H and O–H groups in total. The monoisotopic (exact) mass is 351 g/mol. The zero-order chi connectivity index (χ0) is 17.8. The summed E-state index contributed by atoms with van der Waals surface area (Å²) < 4.78 is 0. The summed E-state index contributed by atoms with van der Waals surface area (Å²) in [5.41, 5.74) is 0.978. The molecule has 25 heavy (non-hydrogen) atoms. The average molecular weight is 351 g/mol. The molecular weight excluding hydrogens is 322 g/mol. The molecule has 0 heterocycles. The number of fused-ring (bicyclic) bond motifs is 1. The van der Waals surface area contributed by atoms with Gasteiger partial charge < -0.3 is 20.2 Å². The highest BCUT2D eigenvalue weighted by atomic mass is 16.6. The van der Waals surface area contributed by atoms with Crippen LogP contribution in [-0.2, 0) is 9.63 Å². The van der Waals surface area contributed by atoms with Crippen LogP contribution in [0.5, 0.6) is 0 Å². The van der Waals surface area contributed by atoms with E-state index >= 15 is 0 Å². The molecule has 0 spiro atoms. The van der Waals surface area contributed by atoms with Crippen LogP contribution in [0.15, 0.2) is 17.3 Å². The van der Waals surface area contributed by atoms with Crippen molar-refractivity contribution in [3.63, 3.8) is 0 Å². The lowest BCUT2D eigenvalue weighted by Gasteiger charge is -2.34. The summed E-state index contributed by atoms with van der Waals surface area (Å²) in [6, 6.07) is 0. The predicted molar refractivity (Wildman–Crippen MR) is 93.1 cm³/mol. The molecule has 140 valence electrons. The van der Waals surface area contributed by atoms with Crippen LogP contribution < -0.4 is 0 Å². The van der Waals surface area contributed by atoms with Crippen LogP contribution >= 0.6 is 0 Å². The van der Waals surface area contributed by atoms with Crippen molar-refractivity contribution in [3.05, 3.63) is 12.2 Å². The summed E-state index contributed by atoms with van der Waals surface area (Å²) in [6.45, 7) is 0.312. The molecule has 0 aromatic rings. The van der Waals surface area contributed by atoms with Gasteiger partial charge in [-0.25, -0.2) is 0 Å². The first kappa shape index (κ1) is 18.4. The fourth-order valence-corrected chi connectivity index (χ4v) is 4.53. The fraction of sp³-hybridized carbons (Fsp3) is 0.789. The molecule has 3 aliphatic carbocycles. The number of oxime groups is 1. The van der Waals surface area contributed by atoms with Gasteiger partial charge in [-0.05, 0) is 43.9 Å². The second kappa shape index (κ2) is 8.32. The largest absolute Gasteiger partial charge is 0.481 e. The van der Waals surface area contributed by atoms with E-state index in [0.29, 0.717) is 31.3 Å². The summed E-state index contributed by atoms with van der Waals surface area (Å²) in [6.07, 6.45) is 9.79. The van der Waals surface area contributed by atoms with Gasteiger partial charge in [0.1, 0.15) is 6.61 Å². The topological polar surface area (TPSA) is 99.4 Å². The van der Waals surface area contributed by atoms with Crippen LogP contribution in [0.1, 0.15) is 51.4 Å².